The van der Waals surface area contributed by atoms with Crippen LogP contribution in [0.25, 0.3) is 21.8 Å². The van der Waals surface area contributed by atoms with Gasteiger partial charge in [0.2, 0.25) is 0 Å². The van der Waals surface area contributed by atoms with Crippen molar-refractivity contribution >= 4 is 21.8 Å². The number of aryl methyl sites for hydroxylation is 1. The first-order chi connectivity index (χ1) is 12.0. The molecule has 0 amide bonds. The van der Waals surface area contributed by atoms with Crippen molar-refractivity contribution in [2.45, 2.75) is 19.5 Å². The maximum absolute atomic E-state index is 12.8. The largest absolute Gasteiger partial charge is 0.277 e. The standard InChI is InChI=1S/C14H13N9O2/c1-8(7-22-4-3-15-18-22)23-14(25)10-6-11-9(5-12(10)17-20-23)13(24)21(2)19-16-11/h3-6,8H,7H2,1-2H3/t8-/m1/s1. The molecule has 25 heavy (non-hydrogen) atoms. The van der Waals surface area contributed by atoms with Gasteiger partial charge in [0.05, 0.1) is 29.6 Å². The first kappa shape index (κ1) is 15.1. The summed E-state index contributed by atoms with van der Waals surface area (Å²) in [6.45, 7) is 2.26. The number of nitrogens with zero attached hydrogens (tertiary/aromatic N) is 9. The van der Waals surface area contributed by atoms with E-state index in [0.717, 1.165) is 4.68 Å². The SMILES string of the molecule is C[C@H](Cn1ccnn1)n1nnc2cc3c(=O)n(C)nnc3cc2c1=O. The summed E-state index contributed by atoms with van der Waals surface area (Å²) in [5, 5.41) is 24.1. The molecule has 0 aliphatic carbocycles. The van der Waals surface area contributed by atoms with Crippen molar-refractivity contribution in [1.29, 1.82) is 0 Å². The summed E-state index contributed by atoms with van der Waals surface area (Å²) in [4.78, 5) is 24.9. The fraction of sp³-hybridized carbons (Fsp3) is 0.286. The van der Waals surface area contributed by atoms with Gasteiger partial charge in [0.25, 0.3) is 11.1 Å². The van der Waals surface area contributed by atoms with Crippen LogP contribution < -0.4 is 11.1 Å². The van der Waals surface area contributed by atoms with Crippen LogP contribution in [0.1, 0.15) is 13.0 Å². The third kappa shape index (κ3) is 2.45. The van der Waals surface area contributed by atoms with Gasteiger partial charge in [-0.05, 0) is 19.1 Å². The monoisotopic (exact) mass is 339 g/mol. The molecule has 4 aromatic rings. The Balaban J connectivity index is 1.87. The lowest BCUT2D eigenvalue weighted by Gasteiger charge is -2.13. The van der Waals surface area contributed by atoms with Gasteiger partial charge in [-0.25, -0.2) is 9.36 Å². The van der Waals surface area contributed by atoms with E-state index < -0.39 is 0 Å². The minimum absolute atomic E-state index is 0.281. The van der Waals surface area contributed by atoms with Crippen LogP contribution in [0.4, 0.5) is 0 Å². The average molecular weight is 339 g/mol. The molecular formula is C14H13N9O2. The lowest BCUT2D eigenvalue weighted by atomic mass is 10.2. The lowest BCUT2D eigenvalue weighted by molar-refractivity contribution is 0.375. The topological polar surface area (TPSA) is 126 Å². The zero-order valence-corrected chi connectivity index (χ0v) is 13.4. The predicted molar refractivity (Wildman–Crippen MR) is 86.9 cm³/mol. The van der Waals surface area contributed by atoms with E-state index in [-0.39, 0.29) is 17.2 Å². The molecule has 3 aromatic heterocycles. The van der Waals surface area contributed by atoms with Crippen molar-refractivity contribution in [2.75, 3.05) is 0 Å². The lowest BCUT2D eigenvalue weighted by Crippen LogP contribution is -2.30. The molecule has 4 rings (SSSR count). The normalized spacial score (nSPS) is 12.7. The first-order valence-corrected chi connectivity index (χ1v) is 7.51. The van der Waals surface area contributed by atoms with Gasteiger partial charge in [-0.1, -0.05) is 15.6 Å². The zero-order valence-electron chi connectivity index (χ0n) is 13.4. The molecule has 0 radical (unpaired) electrons. The van der Waals surface area contributed by atoms with Crippen LogP contribution in [0.5, 0.6) is 0 Å². The minimum atomic E-state index is -0.318. The molecule has 0 aliphatic heterocycles. The van der Waals surface area contributed by atoms with Gasteiger partial charge in [-0.3, -0.25) is 14.3 Å². The third-order valence-corrected chi connectivity index (χ3v) is 3.95. The molecule has 11 heteroatoms. The highest BCUT2D eigenvalue weighted by atomic mass is 16.1. The van der Waals surface area contributed by atoms with Crippen LogP contribution >= 0.6 is 0 Å². The van der Waals surface area contributed by atoms with Gasteiger partial charge in [0, 0.05) is 13.2 Å². The quantitative estimate of drug-likeness (QED) is 0.448. The van der Waals surface area contributed by atoms with Crippen LogP contribution in [0.15, 0.2) is 34.1 Å². The molecule has 3 heterocycles. The Morgan fingerprint density at radius 2 is 1.68 bits per heavy atom. The van der Waals surface area contributed by atoms with Crippen LogP contribution in [0.2, 0.25) is 0 Å². The Kier molecular flexibility index (Phi) is 3.34. The summed E-state index contributed by atoms with van der Waals surface area (Å²) in [6.07, 6.45) is 3.27. The second-order valence-corrected chi connectivity index (χ2v) is 5.72. The summed E-state index contributed by atoms with van der Waals surface area (Å²) in [6, 6.07) is 2.76. The highest BCUT2D eigenvalue weighted by molar-refractivity contribution is 5.93. The number of benzene rings is 1. The number of aromatic nitrogens is 9. The van der Waals surface area contributed by atoms with Crippen molar-refractivity contribution in [3.05, 3.63) is 45.2 Å². The minimum Gasteiger partial charge on any atom is -0.267 e. The fourth-order valence-corrected chi connectivity index (χ4v) is 2.64. The molecule has 0 unspecified atom stereocenters. The second-order valence-electron chi connectivity index (χ2n) is 5.72. The smallest absolute Gasteiger partial charge is 0.267 e. The Bertz CT molecular complexity index is 1190. The number of hydrogen-bond acceptors (Lipinski definition) is 8. The molecule has 0 N–H and O–H groups in total. The van der Waals surface area contributed by atoms with E-state index >= 15 is 0 Å². The second kappa shape index (κ2) is 5.54. The molecule has 11 nitrogen and oxygen atoms in total. The zero-order chi connectivity index (χ0) is 17.6. The fourth-order valence-electron chi connectivity index (χ4n) is 2.64. The average Bonchev–Trinajstić information content (AvgIpc) is 3.11. The van der Waals surface area contributed by atoms with E-state index in [2.05, 4.69) is 30.9 Å². The number of rotatable bonds is 3. The van der Waals surface area contributed by atoms with Crippen molar-refractivity contribution in [3.8, 4) is 0 Å². The Hall–Kier alpha value is -3.50. The van der Waals surface area contributed by atoms with E-state index in [9.17, 15) is 9.59 Å². The Labute approximate surface area is 139 Å². The van der Waals surface area contributed by atoms with Gasteiger partial charge in [-0.2, -0.15) is 0 Å². The summed E-state index contributed by atoms with van der Waals surface area (Å²) in [5.74, 6) is 0. The summed E-state index contributed by atoms with van der Waals surface area (Å²) >= 11 is 0. The van der Waals surface area contributed by atoms with Gasteiger partial charge in [0.15, 0.2) is 0 Å². The highest BCUT2D eigenvalue weighted by Gasteiger charge is 2.15. The maximum Gasteiger partial charge on any atom is 0.277 e. The molecule has 0 fully saturated rings. The summed E-state index contributed by atoms with van der Waals surface area (Å²) in [5.41, 5.74) is 0.0578. The number of hydrogen-bond donors (Lipinski definition) is 0. The van der Waals surface area contributed by atoms with E-state index in [4.69, 9.17) is 0 Å². The van der Waals surface area contributed by atoms with Gasteiger partial charge in [0.1, 0.15) is 11.0 Å². The van der Waals surface area contributed by atoms with E-state index in [1.807, 2.05) is 6.92 Å². The van der Waals surface area contributed by atoms with Crippen LogP contribution in [0.3, 0.4) is 0 Å². The van der Waals surface area contributed by atoms with Crippen molar-refractivity contribution in [3.63, 3.8) is 0 Å². The molecule has 1 aromatic carbocycles. The van der Waals surface area contributed by atoms with Crippen molar-refractivity contribution in [1.82, 2.24) is 45.0 Å². The van der Waals surface area contributed by atoms with Crippen molar-refractivity contribution in [2.24, 2.45) is 7.05 Å². The highest BCUT2D eigenvalue weighted by Crippen LogP contribution is 2.14. The van der Waals surface area contributed by atoms with Gasteiger partial charge >= 0.3 is 0 Å². The maximum atomic E-state index is 12.8. The Morgan fingerprint density at radius 1 is 1.00 bits per heavy atom. The third-order valence-electron chi connectivity index (χ3n) is 3.95. The van der Waals surface area contributed by atoms with E-state index in [1.165, 1.54) is 23.9 Å². The first-order valence-electron chi connectivity index (χ1n) is 7.51. The van der Waals surface area contributed by atoms with Crippen molar-refractivity contribution < 1.29 is 0 Å². The van der Waals surface area contributed by atoms with Crippen LogP contribution in [-0.4, -0.2) is 45.0 Å². The molecule has 0 bridgehead atoms. The van der Waals surface area contributed by atoms with Crippen LogP contribution in [-0.2, 0) is 13.6 Å². The summed E-state index contributed by atoms with van der Waals surface area (Å²) in [7, 11) is 1.51. The molecule has 0 aliphatic rings. The van der Waals surface area contributed by atoms with E-state index in [0.29, 0.717) is 28.4 Å². The Morgan fingerprint density at radius 3 is 2.36 bits per heavy atom. The van der Waals surface area contributed by atoms with Gasteiger partial charge in [-0.15, -0.1) is 15.3 Å². The van der Waals surface area contributed by atoms with E-state index in [1.54, 1.807) is 17.1 Å². The molecule has 1 atom stereocenters. The number of fused-ring (bicyclic) bond motifs is 2. The van der Waals surface area contributed by atoms with Crippen LogP contribution in [0, 0.1) is 0 Å². The molecule has 126 valence electrons. The summed E-state index contributed by atoms with van der Waals surface area (Å²) < 4.78 is 4.02. The predicted octanol–water partition coefficient (Wildman–Crippen LogP) is -0.714. The molecule has 0 saturated carbocycles. The van der Waals surface area contributed by atoms with Gasteiger partial charge < -0.3 is 0 Å². The molecule has 0 spiro atoms. The molecular weight excluding hydrogens is 326 g/mol. The molecule has 0 saturated heterocycles.